The smallest absolute Gasteiger partial charge is 0.353 e. The van der Waals surface area contributed by atoms with Crippen LogP contribution in [0.15, 0.2) is 71.9 Å². The SMILES string of the molecule is O=C(Cc1ccncc1)N[C@H]1CC[C@@]2(S(=O)(=O)c3ccc(F)cc3)c3ccc(C(F)(C(F)(F)F)C(F)(F)F)cc3CC[C@@H]12. The Morgan fingerprint density at radius 2 is 1.53 bits per heavy atom. The van der Waals surface area contributed by atoms with E-state index < -0.39 is 61.9 Å². The van der Waals surface area contributed by atoms with Crippen LogP contribution in [0.25, 0.3) is 0 Å². The number of aryl methyl sites for hydroxylation is 1. The molecule has 230 valence electrons. The van der Waals surface area contributed by atoms with Gasteiger partial charge < -0.3 is 5.32 Å². The minimum Gasteiger partial charge on any atom is -0.353 e. The molecule has 0 unspecified atom stereocenters. The quantitative estimate of drug-likeness (QED) is 0.257. The van der Waals surface area contributed by atoms with Crippen LogP contribution >= 0.6 is 0 Å². The van der Waals surface area contributed by atoms with E-state index in [1.54, 1.807) is 12.1 Å². The van der Waals surface area contributed by atoms with Crippen molar-refractivity contribution >= 4 is 15.7 Å². The number of alkyl halides is 7. The lowest BCUT2D eigenvalue weighted by atomic mass is 9.74. The number of fused-ring (bicyclic) bond motifs is 3. The molecule has 0 bridgehead atoms. The molecule has 5 nitrogen and oxygen atoms in total. The van der Waals surface area contributed by atoms with Gasteiger partial charge in [0.15, 0.2) is 9.84 Å². The summed E-state index contributed by atoms with van der Waals surface area (Å²) >= 11 is 0. The fourth-order valence-corrected chi connectivity index (χ4v) is 8.97. The van der Waals surface area contributed by atoms with Crippen molar-refractivity contribution in [1.29, 1.82) is 0 Å². The first kappa shape index (κ1) is 30.9. The number of pyridine rings is 1. The van der Waals surface area contributed by atoms with E-state index in [1.165, 1.54) is 12.4 Å². The van der Waals surface area contributed by atoms with Gasteiger partial charge in [0.2, 0.25) is 5.91 Å². The molecule has 1 aromatic heterocycles. The van der Waals surface area contributed by atoms with Crippen molar-refractivity contribution in [3.63, 3.8) is 0 Å². The molecule has 3 atom stereocenters. The molecule has 2 aliphatic carbocycles. The highest BCUT2D eigenvalue weighted by atomic mass is 32.2. The predicted octanol–water partition coefficient (Wildman–Crippen LogP) is 6.26. The largest absolute Gasteiger partial charge is 0.435 e. The minimum absolute atomic E-state index is 0.0448. The van der Waals surface area contributed by atoms with Crippen molar-refractivity contribution in [2.75, 3.05) is 0 Å². The number of benzene rings is 2. The van der Waals surface area contributed by atoms with E-state index in [0.717, 1.165) is 30.3 Å². The van der Waals surface area contributed by atoms with E-state index in [2.05, 4.69) is 10.3 Å². The highest BCUT2D eigenvalue weighted by molar-refractivity contribution is 7.92. The van der Waals surface area contributed by atoms with Crippen molar-refractivity contribution < 1.29 is 48.3 Å². The Labute approximate surface area is 241 Å². The molecule has 0 aliphatic heterocycles. The second-order valence-electron chi connectivity index (χ2n) is 10.8. The molecule has 14 heteroatoms. The van der Waals surface area contributed by atoms with E-state index >= 15 is 0 Å². The van der Waals surface area contributed by atoms with Crippen molar-refractivity contribution in [1.82, 2.24) is 10.3 Å². The summed E-state index contributed by atoms with van der Waals surface area (Å²) in [5.74, 6) is -2.00. The van der Waals surface area contributed by atoms with Crippen molar-refractivity contribution in [3.8, 4) is 0 Å². The second kappa shape index (κ2) is 10.6. The van der Waals surface area contributed by atoms with Gasteiger partial charge in [-0.05, 0) is 78.8 Å². The van der Waals surface area contributed by atoms with Gasteiger partial charge in [-0.2, -0.15) is 26.3 Å². The Balaban J connectivity index is 1.61. The molecule has 3 aromatic rings. The molecule has 0 radical (unpaired) electrons. The molecule has 1 fully saturated rings. The molecule has 2 aromatic carbocycles. The zero-order chi connectivity index (χ0) is 31.4. The number of hydrogen-bond acceptors (Lipinski definition) is 4. The number of nitrogens with zero attached hydrogens (tertiary/aromatic N) is 1. The molecule has 0 saturated heterocycles. The van der Waals surface area contributed by atoms with Gasteiger partial charge in [0.25, 0.3) is 0 Å². The molecule has 1 heterocycles. The van der Waals surface area contributed by atoms with E-state index in [0.29, 0.717) is 17.7 Å². The number of amides is 1. The Kier molecular flexibility index (Phi) is 7.59. The van der Waals surface area contributed by atoms with Crippen LogP contribution in [-0.2, 0) is 37.9 Å². The maximum atomic E-state index is 14.9. The lowest BCUT2D eigenvalue weighted by Crippen LogP contribution is -2.51. The van der Waals surface area contributed by atoms with Gasteiger partial charge in [0.1, 0.15) is 10.6 Å². The van der Waals surface area contributed by atoms with Gasteiger partial charge in [0.05, 0.1) is 11.3 Å². The number of rotatable bonds is 6. The average Bonchev–Trinajstić information content (AvgIpc) is 3.31. The summed E-state index contributed by atoms with van der Waals surface area (Å²) in [4.78, 5) is 16.5. The maximum Gasteiger partial charge on any atom is 0.435 e. The van der Waals surface area contributed by atoms with Crippen LogP contribution in [0.2, 0.25) is 0 Å². The lowest BCUT2D eigenvalue weighted by molar-refractivity contribution is -0.348. The zero-order valence-electron chi connectivity index (χ0n) is 22.1. The third kappa shape index (κ3) is 4.96. The van der Waals surface area contributed by atoms with E-state index in [-0.39, 0.29) is 48.1 Å². The normalized spacial score (nSPS) is 22.5. The highest BCUT2D eigenvalue weighted by Crippen LogP contribution is 2.59. The first-order valence-electron chi connectivity index (χ1n) is 13.2. The number of sulfone groups is 1. The predicted molar refractivity (Wildman–Crippen MR) is 138 cm³/mol. The van der Waals surface area contributed by atoms with Gasteiger partial charge in [0, 0.05) is 29.9 Å². The average molecular weight is 633 g/mol. The van der Waals surface area contributed by atoms with Crippen molar-refractivity contribution in [2.24, 2.45) is 5.92 Å². The van der Waals surface area contributed by atoms with Crippen LogP contribution in [0, 0.1) is 11.7 Å². The Bertz CT molecular complexity index is 1610. The summed E-state index contributed by atoms with van der Waals surface area (Å²) < 4.78 is 136. The van der Waals surface area contributed by atoms with Gasteiger partial charge in [-0.3, -0.25) is 9.78 Å². The van der Waals surface area contributed by atoms with Crippen LogP contribution in [0.1, 0.15) is 41.5 Å². The summed E-state index contributed by atoms with van der Waals surface area (Å²) in [6.45, 7) is 0. The van der Waals surface area contributed by atoms with Crippen LogP contribution in [0.5, 0.6) is 0 Å². The third-order valence-corrected chi connectivity index (χ3v) is 11.0. The second-order valence-corrected chi connectivity index (χ2v) is 13.0. The van der Waals surface area contributed by atoms with Gasteiger partial charge in [-0.25, -0.2) is 17.2 Å². The number of hydrogen-bond donors (Lipinski definition) is 1. The molecule has 0 spiro atoms. The third-order valence-electron chi connectivity index (χ3n) is 8.44. The molecule has 43 heavy (non-hydrogen) atoms. The van der Waals surface area contributed by atoms with E-state index in [1.807, 2.05) is 0 Å². The topological polar surface area (TPSA) is 76.1 Å². The molecule has 1 amide bonds. The molecule has 5 rings (SSSR count). The number of halogens is 8. The lowest BCUT2D eigenvalue weighted by Gasteiger charge is -2.43. The molecule has 1 N–H and O–H groups in total. The Morgan fingerprint density at radius 3 is 2.14 bits per heavy atom. The molecular weight excluding hydrogens is 608 g/mol. The van der Waals surface area contributed by atoms with Gasteiger partial charge >= 0.3 is 18.0 Å². The summed E-state index contributed by atoms with van der Waals surface area (Å²) in [5, 5.41) is 2.85. The van der Waals surface area contributed by atoms with Crippen LogP contribution < -0.4 is 5.32 Å². The summed E-state index contributed by atoms with van der Waals surface area (Å²) in [5.41, 5.74) is -7.01. The van der Waals surface area contributed by atoms with Crippen LogP contribution in [0.3, 0.4) is 0 Å². The first-order valence-corrected chi connectivity index (χ1v) is 14.7. The number of aromatic nitrogens is 1. The number of nitrogens with one attached hydrogen (secondary N) is 1. The standard InChI is InChI=1S/C29H24F8N2O3S/c30-20-3-5-21(6-4-20)43(41,42)26-12-9-24(39-25(40)15-17-10-13-38-14-11-17)23(26)7-1-18-16-19(2-8-22(18)26)27(31,28(32,33)34)29(35,36)37/h2-6,8,10-11,13-14,16,23-24H,1,7,9,12,15H2,(H,39,40)/t23-,24-,26+/m0/s1. The summed E-state index contributed by atoms with van der Waals surface area (Å²) in [6.07, 6.45) is -9.99. The van der Waals surface area contributed by atoms with Crippen LogP contribution in [0.4, 0.5) is 35.1 Å². The van der Waals surface area contributed by atoms with Crippen LogP contribution in [-0.4, -0.2) is 37.7 Å². The molecule has 2 aliphatic rings. The number of carbonyl (C=O) groups excluding carboxylic acids is 1. The summed E-state index contributed by atoms with van der Waals surface area (Å²) in [7, 11) is -4.49. The van der Waals surface area contributed by atoms with Crippen molar-refractivity contribution in [2.45, 2.75) is 65.8 Å². The summed E-state index contributed by atoms with van der Waals surface area (Å²) in [6, 6.07) is 7.97. The molecular formula is C29H24F8N2O3S. The van der Waals surface area contributed by atoms with Gasteiger partial charge in [-0.1, -0.05) is 18.2 Å². The fraction of sp³-hybridized carbons (Fsp3) is 0.379. The monoisotopic (exact) mass is 632 g/mol. The van der Waals surface area contributed by atoms with E-state index in [4.69, 9.17) is 0 Å². The maximum absolute atomic E-state index is 14.9. The zero-order valence-corrected chi connectivity index (χ0v) is 23.0. The first-order chi connectivity index (χ1) is 20.0. The number of carbonyl (C=O) groups is 1. The Hall–Kier alpha value is -3.55. The van der Waals surface area contributed by atoms with Crippen molar-refractivity contribution in [3.05, 3.63) is 95.1 Å². The highest BCUT2D eigenvalue weighted by Gasteiger charge is 2.73. The molecule has 1 saturated carbocycles. The fourth-order valence-electron chi connectivity index (χ4n) is 6.50. The minimum atomic E-state index is -6.34. The van der Waals surface area contributed by atoms with E-state index in [9.17, 15) is 48.3 Å². The van der Waals surface area contributed by atoms with Gasteiger partial charge in [-0.15, -0.1) is 0 Å². The Morgan fingerprint density at radius 1 is 0.907 bits per heavy atom.